The third-order valence-electron chi connectivity index (χ3n) is 2.53. The number of halogens is 1. The zero-order valence-corrected chi connectivity index (χ0v) is 11.6. The average molecular weight is 293 g/mol. The predicted molar refractivity (Wildman–Crippen MR) is 73.9 cm³/mol. The maximum atomic E-state index is 13.8. The summed E-state index contributed by atoms with van der Waals surface area (Å²) in [6, 6.07) is 3.99. The zero-order valence-electron chi connectivity index (χ0n) is 11.6. The number of amides is 1. The second-order valence-corrected chi connectivity index (χ2v) is 4.05. The Morgan fingerprint density at radius 1 is 1.43 bits per heavy atom. The minimum atomic E-state index is -0.693. The van der Waals surface area contributed by atoms with Crippen molar-refractivity contribution in [1.29, 1.82) is 0 Å². The number of hydrogen-bond acceptors (Lipinski definition) is 4. The van der Waals surface area contributed by atoms with Crippen molar-refractivity contribution in [3.63, 3.8) is 0 Å². The van der Waals surface area contributed by atoms with Crippen LogP contribution in [0.25, 0.3) is 0 Å². The fourth-order valence-electron chi connectivity index (χ4n) is 1.47. The molecule has 0 aromatic heterocycles. The predicted octanol–water partition coefficient (Wildman–Crippen LogP) is 0.853. The molecule has 0 spiro atoms. The lowest BCUT2D eigenvalue weighted by molar-refractivity contribution is -0.140. The van der Waals surface area contributed by atoms with Gasteiger partial charge in [0, 0.05) is 18.5 Å². The number of nitrogens with one attached hydrogen (secondary N) is 1. The Morgan fingerprint density at radius 3 is 2.81 bits per heavy atom. The van der Waals surface area contributed by atoms with Gasteiger partial charge >= 0.3 is 5.97 Å². The van der Waals surface area contributed by atoms with Crippen molar-refractivity contribution < 1.29 is 23.8 Å². The first-order valence-electron chi connectivity index (χ1n) is 6.32. The second kappa shape index (κ2) is 8.72. The summed E-state index contributed by atoms with van der Waals surface area (Å²) in [5.74, 6) is 3.59. The molecule has 5 nitrogen and oxygen atoms in total. The van der Waals surface area contributed by atoms with E-state index in [9.17, 15) is 14.0 Å². The SMILES string of the molecule is COC(=O)CCNC(=O)c1ccc(C#CCCO)cc1F. The molecule has 0 saturated carbocycles. The maximum absolute atomic E-state index is 13.8. The fraction of sp³-hybridized carbons (Fsp3) is 0.333. The number of aliphatic hydroxyl groups is 1. The first-order chi connectivity index (χ1) is 10.1. The summed E-state index contributed by atoms with van der Waals surface area (Å²) in [6.07, 6.45) is 0.325. The van der Waals surface area contributed by atoms with Crippen LogP contribution in [0, 0.1) is 17.7 Å². The fourth-order valence-corrected chi connectivity index (χ4v) is 1.47. The van der Waals surface area contributed by atoms with Crippen LogP contribution < -0.4 is 5.32 Å². The summed E-state index contributed by atoms with van der Waals surface area (Å²) in [5, 5.41) is 11.0. The smallest absolute Gasteiger partial charge is 0.307 e. The number of esters is 1. The van der Waals surface area contributed by atoms with Crippen LogP contribution in [0.2, 0.25) is 0 Å². The molecule has 0 aliphatic heterocycles. The molecular weight excluding hydrogens is 277 g/mol. The van der Waals surface area contributed by atoms with Gasteiger partial charge in [-0.1, -0.05) is 11.8 Å². The van der Waals surface area contributed by atoms with Crippen molar-refractivity contribution >= 4 is 11.9 Å². The van der Waals surface area contributed by atoms with Gasteiger partial charge in [0.05, 0.1) is 25.7 Å². The van der Waals surface area contributed by atoms with Gasteiger partial charge in [-0.05, 0) is 18.2 Å². The largest absolute Gasteiger partial charge is 0.469 e. The molecule has 0 aliphatic carbocycles. The van der Waals surface area contributed by atoms with Crippen molar-refractivity contribution in [3.05, 3.63) is 35.1 Å². The van der Waals surface area contributed by atoms with E-state index >= 15 is 0 Å². The molecule has 21 heavy (non-hydrogen) atoms. The third-order valence-corrected chi connectivity index (χ3v) is 2.53. The van der Waals surface area contributed by atoms with Crippen LogP contribution in [0.15, 0.2) is 18.2 Å². The molecule has 0 aliphatic rings. The standard InChI is InChI=1S/C15H16FNO4/c1-21-14(19)7-8-17-15(20)12-6-5-11(10-13(12)16)4-2-3-9-18/h5-6,10,18H,3,7-9H2,1H3,(H,17,20). The van der Waals surface area contributed by atoms with Crippen molar-refractivity contribution in [3.8, 4) is 11.8 Å². The van der Waals surface area contributed by atoms with E-state index in [1.807, 2.05) is 0 Å². The van der Waals surface area contributed by atoms with E-state index < -0.39 is 17.7 Å². The highest BCUT2D eigenvalue weighted by Gasteiger charge is 2.12. The van der Waals surface area contributed by atoms with E-state index in [4.69, 9.17) is 5.11 Å². The van der Waals surface area contributed by atoms with Crippen molar-refractivity contribution in [1.82, 2.24) is 5.32 Å². The molecular formula is C15H16FNO4. The molecule has 1 aromatic rings. The van der Waals surface area contributed by atoms with Gasteiger partial charge in [-0.3, -0.25) is 9.59 Å². The van der Waals surface area contributed by atoms with Crippen LogP contribution in [0.3, 0.4) is 0 Å². The maximum Gasteiger partial charge on any atom is 0.307 e. The third kappa shape index (κ3) is 5.63. The highest BCUT2D eigenvalue weighted by Crippen LogP contribution is 2.10. The Bertz CT molecular complexity index is 575. The lowest BCUT2D eigenvalue weighted by Gasteiger charge is -2.05. The number of carbonyl (C=O) groups is 2. The van der Waals surface area contributed by atoms with E-state index in [2.05, 4.69) is 21.9 Å². The highest BCUT2D eigenvalue weighted by molar-refractivity contribution is 5.94. The van der Waals surface area contributed by atoms with Crippen LogP contribution in [-0.4, -0.2) is 37.2 Å². The number of rotatable bonds is 5. The summed E-state index contributed by atoms with van der Waals surface area (Å²) >= 11 is 0. The van der Waals surface area contributed by atoms with Crippen molar-refractivity contribution in [2.24, 2.45) is 0 Å². The summed E-state index contributed by atoms with van der Waals surface area (Å²) in [6.45, 7) is 0.0131. The van der Waals surface area contributed by atoms with Gasteiger partial charge in [-0.15, -0.1) is 0 Å². The van der Waals surface area contributed by atoms with Crippen LogP contribution in [0.5, 0.6) is 0 Å². The zero-order chi connectivity index (χ0) is 15.7. The molecule has 0 atom stereocenters. The highest BCUT2D eigenvalue weighted by atomic mass is 19.1. The normalized spacial score (nSPS) is 9.48. The Hall–Kier alpha value is -2.39. The topological polar surface area (TPSA) is 75.6 Å². The van der Waals surface area contributed by atoms with E-state index in [0.717, 1.165) is 6.07 Å². The molecule has 1 aromatic carbocycles. The van der Waals surface area contributed by atoms with Crippen LogP contribution >= 0.6 is 0 Å². The van der Waals surface area contributed by atoms with Gasteiger partial charge in [0.25, 0.3) is 5.91 Å². The molecule has 0 saturated heterocycles. The van der Waals surface area contributed by atoms with E-state index in [-0.39, 0.29) is 25.1 Å². The molecule has 1 amide bonds. The Balaban J connectivity index is 2.65. The lowest BCUT2D eigenvalue weighted by atomic mass is 10.1. The number of carbonyl (C=O) groups excluding carboxylic acids is 2. The van der Waals surface area contributed by atoms with E-state index in [1.165, 1.54) is 19.2 Å². The lowest BCUT2D eigenvalue weighted by Crippen LogP contribution is -2.27. The molecule has 0 fully saturated rings. The number of hydrogen-bond donors (Lipinski definition) is 2. The monoisotopic (exact) mass is 293 g/mol. The van der Waals surface area contributed by atoms with Gasteiger partial charge in [0.2, 0.25) is 0 Å². The molecule has 6 heteroatoms. The second-order valence-electron chi connectivity index (χ2n) is 4.05. The number of aliphatic hydroxyl groups excluding tert-OH is 1. The quantitative estimate of drug-likeness (QED) is 0.623. The van der Waals surface area contributed by atoms with Gasteiger partial charge in [-0.25, -0.2) is 4.39 Å². The average Bonchev–Trinajstić information content (AvgIpc) is 2.47. The number of methoxy groups -OCH3 is 1. The van der Waals surface area contributed by atoms with E-state index in [0.29, 0.717) is 12.0 Å². The van der Waals surface area contributed by atoms with Gasteiger partial charge < -0.3 is 15.2 Å². The minimum Gasteiger partial charge on any atom is -0.469 e. The van der Waals surface area contributed by atoms with Gasteiger partial charge in [0.15, 0.2) is 0 Å². The van der Waals surface area contributed by atoms with Crippen LogP contribution in [0.4, 0.5) is 4.39 Å². The Labute approximate surface area is 122 Å². The minimum absolute atomic E-state index is 0.0224. The summed E-state index contributed by atoms with van der Waals surface area (Å²) in [4.78, 5) is 22.6. The Kier molecular flexibility index (Phi) is 6.92. The molecule has 0 unspecified atom stereocenters. The summed E-state index contributed by atoms with van der Waals surface area (Å²) < 4.78 is 18.2. The first-order valence-corrected chi connectivity index (χ1v) is 6.32. The number of ether oxygens (including phenoxy) is 1. The van der Waals surface area contributed by atoms with Gasteiger partial charge in [0.1, 0.15) is 5.82 Å². The molecule has 0 bridgehead atoms. The molecule has 0 radical (unpaired) electrons. The summed E-state index contributed by atoms with van der Waals surface area (Å²) in [5.41, 5.74) is 0.305. The van der Waals surface area contributed by atoms with Crippen molar-refractivity contribution in [2.45, 2.75) is 12.8 Å². The summed E-state index contributed by atoms with van der Waals surface area (Å²) in [7, 11) is 1.25. The first kappa shape index (κ1) is 16.7. The van der Waals surface area contributed by atoms with Crippen molar-refractivity contribution in [2.75, 3.05) is 20.3 Å². The molecule has 2 N–H and O–H groups in total. The number of benzene rings is 1. The molecule has 1 rings (SSSR count). The Morgan fingerprint density at radius 2 is 2.19 bits per heavy atom. The van der Waals surface area contributed by atoms with Crippen LogP contribution in [0.1, 0.15) is 28.8 Å². The molecule has 112 valence electrons. The van der Waals surface area contributed by atoms with E-state index in [1.54, 1.807) is 0 Å². The van der Waals surface area contributed by atoms with Gasteiger partial charge in [-0.2, -0.15) is 0 Å². The molecule has 0 heterocycles. The van der Waals surface area contributed by atoms with Crippen LogP contribution in [-0.2, 0) is 9.53 Å².